The predicted molar refractivity (Wildman–Crippen MR) is 109 cm³/mol. The van der Waals surface area contributed by atoms with Gasteiger partial charge in [-0.3, -0.25) is 4.79 Å². The van der Waals surface area contributed by atoms with E-state index in [0.29, 0.717) is 31.2 Å². The summed E-state index contributed by atoms with van der Waals surface area (Å²) in [5, 5.41) is 8.99. The predicted octanol–water partition coefficient (Wildman–Crippen LogP) is 3.20. The molecule has 0 aliphatic carbocycles. The monoisotopic (exact) mass is 395 g/mol. The summed E-state index contributed by atoms with van der Waals surface area (Å²) >= 11 is 6.28. The second-order valence-corrected chi connectivity index (χ2v) is 7.38. The van der Waals surface area contributed by atoms with Gasteiger partial charge in [-0.25, -0.2) is 0 Å². The summed E-state index contributed by atoms with van der Waals surface area (Å²) in [7, 11) is 0. The average Bonchev–Trinajstić information content (AvgIpc) is 3.15. The molecule has 0 radical (unpaired) electrons. The van der Waals surface area contributed by atoms with Crippen LogP contribution < -0.4 is 5.73 Å². The normalized spacial score (nSPS) is 14.6. The summed E-state index contributed by atoms with van der Waals surface area (Å²) in [6.07, 6.45) is 0. The number of rotatable bonds is 4. The van der Waals surface area contributed by atoms with Crippen LogP contribution in [0.15, 0.2) is 48.5 Å². The SMILES string of the molecule is CC(C(=O)N1CCn2c(CN)nnc2C1)c1ccc(-c2ccccc2Cl)cc1. The molecule has 2 N–H and O–H groups in total. The maximum Gasteiger partial charge on any atom is 0.230 e. The van der Waals surface area contributed by atoms with Crippen molar-refractivity contribution < 1.29 is 4.79 Å². The third kappa shape index (κ3) is 3.41. The van der Waals surface area contributed by atoms with Crippen LogP contribution in [0.1, 0.15) is 30.1 Å². The Balaban J connectivity index is 1.49. The van der Waals surface area contributed by atoms with Crippen molar-refractivity contribution in [3.8, 4) is 11.1 Å². The fraction of sp³-hybridized carbons (Fsp3) is 0.286. The Morgan fingerprint density at radius 3 is 2.61 bits per heavy atom. The third-order valence-electron chi connectivity index (χ3n) is 5.29. The van der Waals surface area contributed by atoms with Gasteiger partial charge in [0.25, 0.3) is 0 Å². The van der Waals surface area contributed by atoms with Crippen LogP contribution in [0.3, 0.4) is 0 Å². The number of carbonyl (C=O) groups excluding carboxylic acids is 1. The van der Waals surface area contributed by atoms with Crippen molar-refractivity contribution >= 4 is 17.5 Å². The van der Waals surface area contributed by atoms with Gasteiger partial charge >= 0.3 is 0 Å². The number of carbonyl (C=O) groups is 1. The van der Waals surface area contributed by atoms with E-state index in [0.717, 1.165) is 28.3 Å². The van der Waals surface area contributed by atoms with Crippen LogP contribution in [-0.2, 0) is 24.4 Å². The smallest absolute Gasteiger partial charge is 0.230 e. The zero-order valence-electron chi connectivity index (χ0n) is 15.7. The van der Waals surface area contributed by atoms with Crippen LogP contribution in [0.2, 0.25) is 5.02 Å². The molecule has 7 heteroatoms. The molecule has 2 heterocycles. The number of nitrogens with two attached hydrogens (primary N) is 1. The highest BCUT2D eigenvalue weighted by molar-refractivity contribution is 6.33. The maximum absolute atomic E-state index is 13.0. The van der Waals surface area contributed by atoms with Crippen molar-refractivity contribution in [2.24, 2.45) is 5.73 Å². The van der Waals surface area contributed by atoms with Crippen molar-refractivity contribution in [3.05, 3.63) is 70.8 Å². The lowest BCUT2D eigenvalue weighted by atomic mass is 9.96. The molecule has 0 fully saturated rings. The number of halogens is 1. The molecule has 1 amide bonds. The molecule has 4 rings (SSSR count). The fourth-order valence-electron chi connectivity index (χ4n) is 3.62. The van der Waals surface area contributed by atoms with E-state index in [2.05, 4.69) is 10.2 Å². The highest BCUT2D eigenvalue weighted by Gasteiger charge is 2.27. The molecule has 1 atom stereocenters. The first-order valence-electron chi connectivity index (χ1n) is 9.33. The van der Waals surface area contributed by atoms with Crippen molar-refractivity contribution in [2.45, 2.75) is 32.5 Å². The van der Waals surface area contributed by atoms with Crippen molar-refractivity contribution in [2.75, 3.05) is 6.54 Å². The molecule has 1 aliphatic heterocycles. The van der Waals surface area contributed by atoms with Crippen molar-refractivity contribution in [1.82, 2.24) is 19.7 Å². The number of aromatic nitrogens is 3. The Morgan fingerprint density at radius 2 is 1.89 bits per heavy atom. The lowest BCUT2D eigenvalue weighted by molar-refractivity contribution is -0.134. The van der Waals surface area contributed by atoms with E-state index < -0.39 is 0 Å². The van der Waals surface area contributed by atoms with Crippen LogP contribution in [0.4, 0.5) is 0 Å². The van der Waals surface area contributed by atoms with Gasteiger partial charge in [0.15, 0.2) is 5.82 Å². The Kier molecular flexibility index (Phi) is 5.15. The van der Waals surface area contributed by atoms with E-state index in [4.69, 9.17) is 17.3 Å². The Hall–Kier alpha value is -2.70. The quantitative estimate of drug-likeness (QED) is 0.735. The number of nitrogens with zero attached hydrogens (tertiary/aromatic N) is 4. The van der Waals surface area contributed by atoms with E-state index in [1.165, 1.54) is 0 Å². The van der Waals surface area contributed by atoms with E-state index in [9.17, 15) is 4.79 Å². The van der Waals surface area contributed by atoms with Crippen molar-refractivity contribution in [1.29, 1.82) is 0 Å². The van der Waals surface area contributed by atoms with Gasteiger partial charge in [0, 0.05) is 23.7 Å². The molecule has 0 saturated heterocycles. The van der Waals surface area contributed by atoms with E-state index in [-0.39, 0.29) is 11.8 Å². The van der Waals surface area contributed by atoms with Crippen LogP contribution in [-0.4, -0.2) is 32.1 Å². The molecule has 1 aliphatic rings. The third-order valence-corrected chi connectivity index (χ3v) is 5.62. The first-order chi connectivity index (χ1) is 13.6. The lowest BCUT2D eigenvalue weighted by Crippen LogP contribution is -2.40. The van der Waals surface area contributed by atoms with Gasteiger partial charge in [-0.1, -0.05) is 54.1 Å². The van der Waals surface area contributed by atoms with Gasteiger partial charge in [-0.2, -0.15) is 0 Å². The summed E-state index contributed by atoms with van der Waals surface area (Å²) in [6.45, 7) is 4.08. The zero-order chi connectivity index (χ0) is 19.7. The number of hydrogen-bond donors (Lipinski definition) is 1. The molecule has 144 valence electrons. The molecule has 0 bridgehead atoms. The molecule has 0 spiro atoms. The van der Waals surface area contributed by atoms with Crippen LogP contribution in [0.5, 0.6) is 0 Å². The van der Waals surface area contributed by atoms with Crippen molar-refractivity contribution in [3.63, 3.8) is 0 Å². The highest BCUT2D eigenvalue weighted by Crippen LogP contribution is 2.29. The van der Waals surface area contributed by atoms with Gasteiger partial charge in [0.05, 0.1) is 19.0 Å². The van der Waals surface area contributed by atoms with E-state index >= 15 is 0 Å². The average molecular weight is 396 g/mol. The van der Waals surface area contributed by atoms with Gasteiger partial charge in [-0.05, 0) is 24.1 Å². The molecule has 28 heavy (non-hydrogen) atoms. The van der Waals surface area contributed by atoms with Gasteiger partial charge < -0.3 is 15.2 Å². The standard InChI is InChI=1S/C21H22ClN5O/c1-14(15-6-8-16(9-7-15)17-4-2-3-5-18(17)22)21(28)26-10-11-27-19(12-23)24-25-20(27)13-26/h2-9,14H,10-13,23H2,1H3. The lowest BCUT2D eigenvalue weighted by Gasteiger charge is -2.30. The van der Waals surface area contributed by atoms with Gasteiger partial charge in [-0.15, -0.1) is 10.2 Å². The summed E-state index contributed by atoms with van der Waals surface area (Å²) in [5.74, 6) is 1.42. The molecule has 6 nitrogen and oxygen atoms in total. The summed E-state index contributed by atoms with van der Waals surface area (Å²) < 4.78 is 2.01. The fourth-order valence-corrected chi connectivity index (χ4v) is 3.87. The Bertz CT molecular complexity index is 998. The minimum atomic E-state index is -0.233. The van der Waals surface area contributed by atoms with Crippen LogP contribution in [0.25, 0.3) is 11.1 Å². The van der Waals surface area contributed by atoms with Crippen LogP contribution >= 0.6 is 11.6 Å². The molecule has 1 unspecified atom stereocenters. The topological polar surface area (TPSA) is 77.0 Å². The van der Waals surface area contributed by atoms with E-state index in [1.807, 2.05) is 64.9 Å². The second kappa shape index (κ2) is 7.73. The van der Waals surface area contributed by atoms with Crippen LogP contribution in [0, 0.1) is 0 Å². The molecule has 1 aromatic heterocycles. The Labute approximate surface area is 168 Å². The van der Waals surface area contributed by atoms with Gasteiger partial charge in [0.2, 0.25) is 5.91 Å². The minimum absolute atomic E-state index is 0.0917. The largest absolute Gasteiger partial charge is 0.333 e. The summed E-state index contributed by atoms with van der Waals surface area (Å²) in [4.78, 5) is 14.9. The molecular formula is C21H22ClN5O. The zero-order valence-corrected chi connectivity index (χ0v) is 16.4. The minimum Gasteiger partial charge on any atom is -0.333 e. The Morgan fingerprint density at radius 1 is 1.14 bits per heavy atom. The molecule has 3 aromatic rings. The maximum atomic E-state index is 13.0. The number of amides is 1. The number of fused-ring (bicyclic) bond motifs is 1. The molecule has 2 aromatic carbocycles. The first-order valence-corrected chi connectivity index (χ1v) is 9.71. The number of hydrogen-bond acceptors (Lipinski definition) is 4. The molecular weight excluding hydrogens is 374 g/mol. The number of benzene rings is 2. The van der Waals surface area contributed by atoms with Gasteiger partial charge in [0.1, 0.15) is 5.82 Å². The summed E-state index contributed by atoms with van der Waals surface area (Å²) in [5.41, 5.74) is 8.69. The highest BCUT2D eigenvalue weighted by atomic mass is 35.5. The first kappa shape index (κ1) is 18.7. The second-order valence-electron chi connectivity index (χ2n) is 6.97. The summed E-state index contributed by atoms with van der Waals surface area (Å²) in [6, 6.07) is 15.8. The molecule has 0 saturated carbocycles. The van der Waals surface area contributed by atoms with E-state index in [1.54, 1.807) is 0 Å².